The lowest BCUT2D eigenvalue weighted by Gasteiger charge is -2.19. The second-order valence-electron chi connectivity index (χ2n) is 7.10. The Kier molecular flexibility index (Phi) is 6.51. The third-order valence-electron chi connectivity index (χ3n) is 3.72. The molecule has 0 radical (unpaired) electrons. The number of carbonyl (C=O) groups is 1. The first-order valence-electron chi connectivity index (χ1n) is 8.44. The number of rotatable bonds is 5. The number of anilines is 1. The first-order valence-corrected chi connectivity index (χ1v) is 8.82. The van der Waals surface area contributed by atoms with Gasteiger partial charge >= 0.3 is 6.09 Å². The molecule has 0 bridgehead atoms. The van der Waals surface area contributed by atoms with E-state index in [1.165, 1.54) is 0 Å². The molecule has 0 heterocycles. The molecule has 0 aromatic heterocycles. The van der Waals surface area contributed by atoms with Crippen LogP contribution in [0.3, 0.4) is 0 Å². The smallest absolute Gasteiger partial charge is 0.407 e. The number of hydrogen-bond acceptors (Lipinski definition) is 4. The third-order valence-corrected chi connectivity index (χ3v) is 3.96. The van der Waals surface area contributed by atoms with Crippen molar-refractivity contribution in [1.29, 1.82) is 0 Å². The highest BCUT2D eigenvalue weighted by molar-refractivity contribution is 6.30. The van der Waals surface area contributed by atoms with E-state index in [1.807, 2.05) is 45.0 Å². The average molecular weight is 377 g/mol. The molecule has 26 heavy (non-hydrogen) atoms. The van der Waals surface area contributed by atoms with Gasteiger partial charge in [0.05, 0.1) is 0 Å². The Balaban J connectivity index is 1.94. The minimum atomic E-state index is -0.845. The Labute approximate surface area is 159 Å². The van der Waals surface area contributed by atoms with Gasteiger partial charge < -0.3 is 20.9 Å². The molecule has 1 unspecified atom stereocenters. The van der Waals surface area contributed by atoms with Gasteiger partial charge in [-0.05, 0) is 56.5 Å². The van der Waals surface area contributed by atoms with Gasteiger partial charge in [-0.2, -0.15) is 0 Å². The van der Waals surface area contributed by atoms with Crippen LogP contribution in [0.15, 0.2) is 42.5 Å². The van der Waals surface area contributed by atoms with Crippen LogP contribution in [0.2, 0.25) is 5.02 Å². The second kappa shape index (κ2) is 8.43. The van der Waals surface area contributed by atoms with E-state index in [0.717, 1.165) is 11.1 Å². The summed E-state index contributed by atoms with van der Waals surface area (Å²) in [5, 5.41) is 13.8. The number of halogens is 1. The number of benzene rings is 2. The van der Waals surface area contributed by atoms with Crippen molar-refractivity contribution >= 4 is 23.4 Å². The lowest BCUT2D eigenvalue weighted by Crippen LogP contribution is -2.33. The molecule has 0 saturated carbocycles. The summed E-state index contributed by atoms with van der Waals surface area (Å²) < 4.78 is 5.19. The maximum atomic E-state index is 11.6. The first kappa shape index (κ1) is 20.1. The summed E-state index contributed by atoms with van der Waals surface area (Å²) in [5.74, 6) is 0. The number of nitrogens with two attached hydrogens (primary N) is 1. The number of nitrogens with one attached hydrogen (secondary N) is 1. The van der Waals surface area contributed by atoms with Gasteiger partial charge in [0.25, 0.3) is 0 Å². The van der Waals surface area contributed by atoms with Crippen LogP contribution in [0.25, 0.3) is 0 Å². The number of hydrogen-bond donors (Lipinski definition) is 3. The summed E-state index contributed by atoms with van der Waals surface area (Å²) in [6.07, 6.45) is -0.613. The van der Waals surface area contributed by atoms with E-state index in [4.69, 9.17) is 22.1 Å². The van der Waals surface area contributed by atoms with Gasteiger partial charge in [-0.1, -0.05) is 35.9 Å². The van der Waals surface area contributed by atoms with Crippen molar-refractivity contribution in [3.8, 4) is 0 Å². The lowest BCUT2D eigenvalue weighted by molar-refractivity contribution is 0.0528. The lowest BCUT2D eigenvalue weighted by atomic mass is 9.98. The molecule has 2 aromatic rings. The largest absolute Gasteiger partial charge is 0.444 e. The number of aliphatic hydroxyl groups excluding tert-OH is 1. The Bertz CT molecular complexity index is 755. The summed E-state index contributed by atoms with van der Waals surface area (Å²) >= 11 is 5.98. The van der Waals surface area contributed by atoms with Crippen LogP contribution in [0.5, 0.6) is 0 Å². The molecule has 0 saturated heterocycles. The summed E-state index contributed by atoms with van der Waals surface area (Å²) in [7, 11) is 0. The highest BCUT2D eigenvalue weighted by Gasteiger charge is 2.16. The monoisotopic (exact) mass is 376 g/mol. The third kappa shape index (κ3) is 5.93. The summed E-state index contributed by atoms with van der Waals surface area (Å²) in [6.45, 7) is 5.94. The average Bonchev–Trinajstić information content (AvgIpc) is 2.55. The molecule has 4 N–H and O–H groups in total. The molecule has 0 fully saturated rings. The van der Waals surface area contributed by atoms with E-state index in [0.29, 0.717) is 29.2 Å². The highest BCUT2D eigenvalue weighted by atomic mass is 35.5. The number of aliphatic hydroxyl groups is 1. The van der Waals surface area contributed by atoms with Gasteiger partial charge in [-0.15, -0.1) is 0 Å². The molecule has 140 valence electrons. The fourth-order valence-electron chi connectivity index (χ4n) is 2.45. The Morgan fingerprint density at radius 1 is 1.23 bits per heavy atom. The summed E-state index contributed by atoms with van der Waals surface area (Å²) in [5.41, 5.74) is 8.25. The van der Waals surface area contributed by atoms with Gasteiger partial charge in [0.1, 0.15) is 11.7 Å². The zero-order chi connectivity index (χ0) is 19.3. The highest BCUT2D eigenvalue weighted by Crippen LogP contribution is 2.29. The van der Waals surface area contributed by atoms with Gasteiger partial charge in [-0.25, -0.2) is 4.79 Å². The number of carbonyl (C=O) groups excluding carboxylic acids is 1. The number of ether oxygens (including phenoxy) is 1. The van der Waals surface area contributed by atoms with Crippen molar-refractivity contribution in [2.75, 3.05) is 12.3 Å². The minimum Gasteiger partial charge on any atom is -0.444 e. The molecular weight excluding hydrogens is 352 g/mol. The van der Waals surface area contributed by atoms with Crippen LogP contribution in [-0.2, 0) is 11.2 Å². The number of alkyl carbamates (subject to hydrolysis) is 1. The SMILES string of the molecule is CC(C)(C)OC(=O)NCCc1ccc(C(O)c2cc(Cl)ccc2N)cc1. The quantitative estimate of drug-likeness (QED) is 0.686. The van der Waals surface area contributed by atoms with Crippen LogP contribution in [-0.4, -0.2) is 23.3 Å². The van der Waals surface area contributed by atoms with Crippen LogP contribution in [0, 0.1) is 0 Å². The van der Waals surface area contributed by atoms with E-state index in [1.54, 1.807) is 18.2 Å². The van der Waals surface area contributed by atoms with Crippen LogP contribution in [0.1, 0.15) is 43.6 Å². The van der Waals surface area contributed by atoms with Crippen molar-refractivity contribution in [2.24, 2.45) is 0 Å². The Morgan fingerprint density at radius 2 is 1.88 bits per heavy atom. The zero-order valence-corrected chi connectivity index (χ0v) is 16.0. The summed E-state index contributed by atoms with van der Waals surface area (Å²) in [6, 6.07) is 12.5. The van der Waals surface area contributed by atoms with Crippen molar-refractivity contribution < 1.29 is 14.6 Å². The molecule has 1 amide bonds. The maximum absolute atomic E-state index is 11.6. The van der Waals surface area contributed by atoms with Crippen LogP contribution >= 0.6 is 11.6 Å². The van der Waals surface area contributed by atoms with Gasteiger partial charge in [0.15, 0.2) is 0 Å². The number of amides is 1. The molecule has 1 atom stereocenters. The minimum absolute atomic E-state index is 0.430. The normalized spacial score (nSPS) is 12.5. The molecule has 0 aliphatic heterocycles. The summed E-state index contributed by atoms with van der Waals surface area (Å²) in [4.78, 5) is 11.6. The predicted molar refractivity (Wildman–Crippen MR) is 104 cm³/mol. The van der Waals surface area contributed by atoms with Gasteiger partial charge in [0, 0.05) is 22.8 Å². The topological polar surface area (TPSA) is 84.6 Å². The van der Waals surface area contributed by atoms with Crippen LogP contribution in [0.4, 0.5) is 10.5 Å². The standard InChI is InChI=1S/C20H25ClN2O3/c1-20(2,3)26-19(25)23-11-10-13-4-6-14(7-5-13)18(24)16-12-15(21)8-9-17(16)22/h4-9,12,18,24H,10-11,22H2,1-3H3,(H,23,25). The molecule has 2 rings (SSSR count). The molecule has 6 heteroatoms. The maximum Gasteiger partial charge on any atom is 0.407 e. The molecular formula is C20H25ClN2O3. The molecule has 2 aromatic carbocycles. The van der Waals surface area contributed by atoms with E-state index in [9.17, 15) is 9.90 Å². The molecule has 0 spiro atoms. The van der Waals surface area contributed by atoms with Crippen molar-refractivity contribution in [3.05, 3.63) is 64.2 Å². The fourth-order valence-corrected chi connectivity index (χ4v) is 2.63. The second-order valence-corrected chi connectivity index (χ2v) is 7.53. The predicted octanol–water partition coefficient (Wildman–Crippen LogP) is 4.07. The first-order chi connectivity index (χ1) is 12.2. The van der Waals surface area contributed by atoms with E-state index in [-0.39, 0.29) is 0 Å². The van der Waals surface area contributed by atoms with Crippen molar-refractivity contribution in [3.63, 3.8) is 0 Å². The van der Waals surface area contributed by atoms with Gasteiger partial charge in [0.2, 0.25) is 0 Å². The van der Waals surface area contributed by atoms with E-state index in [2.05, 4.69) is 5.32 Å². The van der Waals surface area contributed by atoms with E-state index < -0.39 is 17.8 Å². The van der Waals surface area contributed by atoms with Gasteiger partial charge in [-0.3, -0.25) is 0 Å². The van der Waals surface area contributed by atoms with Crippen molar-refractivity contribution in [2.45, 2.75) is 38.9 Å². The van der Waals surface area contributed by atoms with E-state index >= 15 is 0 Å². The molecule has 0 aliphatic rings. The van der Waals surface area contributed by atoms with Crippen LogP contribution < -0.4 is 11.1 Å². The molecule has 5 nitrogen and oxygen atoms in total. The van der Waals surface area contributed by atoms with Crippen molar-refractivity contribution in [1.82, 2.24) is 5.32 Å². The zero-order valence-electron chi connectivity index (χ0n) is 15.3. The fraction of sp³-hybridized carbons (Fsp3) is 0.350. The Morgan fingerprint density at radius 3 is 2.50 bits per heavy atom. The Hall–Kier alpha value is -2.24. The molecule has 0 aliphatic carbocycles. The number of nitrogen functional groups attached to an aromatic ring is 1.